The predicted molar refractivity (Wildman–Crippen MR) is 92.9 cm³/mol. The van der Waals surface area contributed by atoms with Crippen molar-refractivity contribution in [3.8, 4) is 0 Å². The zero-order valence-electron chi connectivity index (χ0n) is 13.8. The molecule has 0 radical (unpaired) electrons. The molecule has 4 bridgehead atoms. The highest BCUT2D eigenvalue weighted by atomic mass is 32.2. The van der Waals surface area contributed by atoms with Crippen LogP contribution >= 0.6 is 11.8 Å². The SMILES string of the molecule is C/C(=N\N=C1/NC(=O)C(CC(=O)O)S1)C12CC3CC(CC(C3)C1)C2. The number of hydrogen-bond acceptors (Lipinski definition) is 5. The Hall–Kier alpha value is -1.37. The van der Waals surface area contributed by atoms with E-state index in [1.165, 1.54) is 50.3 Å². The molecule has 0 aromatic rings. The molecule has 1 atom stereocenters. The van der Waals surface area contributed by atoms with E-state index in [1.807, 2.05) is 0 Å². The monoisotopic (exact) mass is 349 g/mol. The van der Waals surface area contributed by atoms with E-state index in [1.54, 1.807) is 0 Å². The van der Waals surface area contributed by atoms with Gasteiger partial charge in [0.05, 0.1) is 6.42 Å². The van der Waals surface area contributed by atoms with Gasteiger partial charge in [-0.05, 0) is 63.2 Å². The molecular weight excluding hydrogens is 326 g/mol. The number of nitrogens with one attached hydrogen (secondary N) is 1. The second kappa shape index (κ2) is 5.86. The summed E-state index contributed by atoms with van der Waals surface area (Å²) in [6.07, 6.45) is 7.70. The van der Waals surface area contributed by atoms with Gasteiger partial charge < -0.3 is 10.4 Å². The van der Waals surface area contributed by atoms with Crippen LogP contribution < -0.4 is 5.32 Å². The average Bonchev–Trinajstić information content (AvgIpc) is 2.83. The first-order chi connectivity index (χ1) is 11.4. The van der Waals surface area contributed by atoms with Gasteiger partial charge in [-0.1, -0.05) is 11.8 Å². The van der Waals surface area contributed by atoms with E-state index in [9.17, 15) is 9.59 Å². The standard InChI is InChI=1S/C17H23N3O3S/c1-9(17-6-10-2-11(7-17)4-12(3-10)8-17)19-20-16-18-15(23)13(24-16)5-14(21)22/h10-13H,2-8H2,1H3,(H,21,22)(H,18,20,23)/b19-9+. The zero-order chi connectivity index (χ0) is 16.9. The van der Waals surface area contributed by atoms with Crippen molar-refractivity contribution in [3.63, 3.8) is 0 Å². The van der Waals surface area contributed by atoms with Crippen LogP contribution in [-0.4, -0.2) is 33.1 Å². The number of carbonyl (C=O) groups is 2. The first kappa shape index (κ1) is 16.1. The van der Waals surface area contributed by atoms with Crippen LogP contribution in [0, 0.1) is 23.2 Å². The van der Waals surface area contributed by atoms with Crippen molar-refractivity contribution in [1.82, 2.24) is 5.32 Å². The highest BCUT2D eigenvalue weighted by molar-refractivity contribution is 8.15. The number of nitrogens with zero attached hydrogens (tertiary/aromatic N) is 2. The highest BCUT2D eigenvalue weighted by Gasteiger charge is 2.52. The number of carboxylic acids is 1. The fourth-order valence-corrected chi connectivity index (χ4v) is 6.43. The normalized spacial score (nSPS) is 42.6. The van der Waals surface area contributed by atoms with Crippen molar-refractivity contribution >= 4 is 34.5 Å². The summed E-state index contributed by atoms with van der Waals surface area (Å²) < 4.78 is 0. The molecule has 1 aliphatic heterocycles. The topological polar surface area (TPSA) is 91.1 Å². The number of thioether (sulfide) groups is 1. The minimum absolute atomic E-state index is 0.187. The smallest absolute Gasteiger partial charge is 0.305 e. The molecule has 5 fully saturated rings. The molecule has 2 N–H and O–H groups in total. The fourth-order valence-electron chi connectivity index (χ4n) is 5.53. The molecule has 1 heterocycles. The van der Waals surface area contributed by atoms with Crippen LogP contribution in [0.15, 0.2) is 10.2 Å². The molecule has 0 aromatic heterocycles. The zero-order valence-corrected chi connectivity index (χ0v) is 14.6. The lowest BCUT2D eigenvalue weighted by Gasteiger charge is -2.56. The summed E-state index contributed by atoms with van der Waals surface area (Å²) in [5, 5.41) is 20.0. The first-order valence-electron chi connectivity index (χ1n) is 8.75. The number of aliphatic carboxylic acids is 1. The molecule has 130 valence electrons. The highest BCUT2D eigenvalue weighted by Crippen LogP contribution is 2.60. The maximum atomic E-state index is 11.8. The van der Waals surface area contributed by atoms with E-state index < -0.39 is 11.2 Å². The quantitative estimate of drug-likeness (QED) is 0.603. The van der Waals surface area contributed by atoms with Gasteiger partial charge in [0.1, 0.15) is 5.25 Å². The van der Waals surface area contributed by atoms with Crippen LogP contribution in [-0.2, 0) is 9.59 Å². The average molecular weight is 349 g/mol. The van der Waals surface area contributed by atoms with Crippen LogP contribution in [0.4, 0.5) is 0 Å². The Balaban J connectivity index is 1.48. The summed E-state index contributed by atoms with van der Waals surface area (Å²) in [5.41, 5.74) is 1.30. The van der Waals surface area contributed by atoms with Gasteiger partial charge >= 0.3 is 5.97 Å². The second-order valence-corrected chi connectivity index (χ2v) is 9.17. The van der Waals surface area contributed by atoms with Gasteiger partial charge in [0.2, 0.25) is 5.91 Å². The number of rotatable bonds is 4. The number of carbonyl (C=O) groups excluding carboxylic acids is 1. The van der Waals surface area contributed by atoms with Gasteiger partial charge in [0.25, 0.3) is 0 Å². The Morgan fingerprint density at radius 3 is 2.38 bits per heavy atom. The van der Waals surface area contributed by atoms with Crippen LogP contribution in [0.3, 0.4) is 0 Å². The third-order valence-electron chi connectivity index (χ3n) is 6.23. The lowest BCUT2D eigenvalue weighted by atomic mass is 9.48. The fraction of sp³-hybridized carbons (Fsp3) is 0.765. The van der Waals surface area contributed by atoms with Gasteiger partial charge in [-0.3, -0.25) is 9.59 Å². The van der Waals surface area contributed by atoms with Crippen LogP contribution in [0.2, 0.25) is 0 Å². The molecule has 6 nitrogen and oxygen atoms in total. The Bertz CT molecular complexity index is 608. The minimum Gasteiger partial charge on any atom is -0.481 e. The molecule has 24 heavy (non-hydrogen) atoms. The van der Waals surface area contributed by atoms with Gasteiger partial charge in [-0.15, -0.1) is 5.10 Å². The second-order valence-electron chi connectivity index (χ2n) is 7.98. The van der Waals surface area contributed by atoms with Gasteiger partial charge in [0, 0.05) is 11.1 Å². The van der Waals surface area contributed by atoms with Crippen LogP contribution in [0.25, 0.3) is 0 Å². The third-order valence-corrected chi connectivity index (χ3v) is 7.31. The summed E-state index contributed by atoms with van der Waals surface area (Å²) >= 11 is 1.17. The molecule has 7 heteroatoms. The Morgan fingerprint density at radius 1 is 1.25 bits per heavy atom. The van der Waals surface area contributed by atoms with E-state index in [2.05, 4.69) is 22.4 Å². The lowest BCUT2D eigenvalue weighted by Crippen LogP contribution is -2.49. The van der Waals surface area contributed by atoms with Crippen molar-refractivity contribution in [2.75, 3.05) is 0 Å². The minimum atomic E-state index is -0.975. The van der Waals surface area contributed by atoms with Crippen molar-refractivity contribution in [2.24, 2.45) is 33.4 Å². The van der Waals surface area contributed by atoms with Gasteiger partial charge in [-0.2, -0.15) is 5.10 Å². The summed E-state index contributed by atoms with van der Waals surface area (Å²) in [5.74, 6) is 1.31. The molecule has 1 amide bonds. The van der Waals surface area contributed by atoms with E-state index in [0.29, 0.717) is 5.17 Å². The summed E-state index contributed by atoms with van der Waals surface area (Å²) in [4.78, 5) is 22.5. The number of amidine groups is 1. The van der Waals surface area contributed by atoms with Crippen molar-refractivity contribution < 1.29 is 14.7 Å². The first-order valence-corrected chi connectivity index (χ1v) is 9.63. The number of amides is 1. The number of carboxylic acid groups (broad SMARTS) is 1. The Kier molecular flexibility index (Phi) is 3.94. The molecule has 5 aliphatic rings. The summed E-state index contributed by atoms with van der Waals surface area (Å²) in [6.45, 7) is 2.08. The van der Waals surface area contributed by atoms with E-state index in [0.717, 1.165) is 23.5 Å². The molecule has 1 unspecified atom stereocenters. The Morgan fingerprint density at radius 2 is 1.83 bits per heavy atom. The van der Waals surface area contributed by atoms with Crippen molar-refractivity contribution in [2.45, 2.75) is 57.1 Å². The Labute approximate surface area is 145 Å². The third kappa shape index (κ3) is 2.87. The van der Waals surface area contributed by atoms with Gasteiger partial charge in [-0.25, -0.2) is 0 Å². The maximum absolute atomic E-state index is 11.8. The molecule has 1 saturated heterocycles. The summed E-state index contributed by atoms with van der Waals surface area (Å²) in [6, 6.07) is 0. The largest absolute Gasteiger partial charge is 0.481 e. The summed E-state index contributed by atoms with van der Waals surface area (Å²) in [7, 11) is 0. The van der Waals surface area contributed by atoms with Gasteiger partial charge in [0.15, 0.2) is 5.17 Å². The number of hydrogen-bond donors (Lipinski definition) is 2. The molecule has 0 spiro atoms. The molecular formula is C17H23N3O3S. The molecule has 5 rings (SSSR count). The van der Waals surface area contributed by atoms with E-state index in [4.69, 9.17) is 5.11 Å². The predicted octanol–water partition coefficient (Wildman–Crippen LogP) is 2.64. The molecule has 0 aromatic carbocycles. The molecule has 4 aliphatic carbocycles. The van der Waals surface area contributed by atoms with Crippen LogP contribution in [0.5, 0.6) is 0 Å². The van der Waals surface area contributed by atoms with E-state index in [-0.39, 0.29) is 17.7 Å². The van der Waals surface area contributed by atoms with Crippen molar-refractivity contribution in [1.29, 1.82) is 0 Å². The van der Waals surface area contributed by atoms with E-state index >= 15 is 0 Å². The molecule has 4 saturated carbocycles. The van der Waals surface area contributed by atoms with Crippen LogP contribution in [0.1, 0.15) is 51.9 Å². The van der Waals surface area contributed by atoms with Crippen molar-refractivity contribution in [3.05, 3.63) is 0 Å². The lowest BCUT2D eigenvalue weighted by molar-refractivity contribution is -0.138. The maximum Gasteiger partial charge on any atom is 0.305 e.